The van der Waals surface area contributed by atoms with Crippen LogP contribution in [0.3, 0.4) is 0 Å². The van der Waals surface area contributed by atoms with E-state index in [4.69, 9.17) is 0 Å². The van der Waals surface area contributed by atoms with Gasteiger partial charge in [-0.2, -0.15) is 0 Å². The first-order valence-electron chi connectivity index (χ1n) is 12.6. The SMILES string of the molecule is Cc1ccc(N2CCN(C(=O)CCC3CCN(c4cc(NC5CC5)ncn4)CC3)CC2)cc1. The van der Waals surface area contributed by atoms with Gasteiger partial charge in [-0.25, -0.2) is 9.97 Å². The molecule has 1 saturated carbocycles. The van der Waals surface area contributed by atoms with E-state index in [0.717, 1.165) is 70.2 Å². The second-order valence-electron chi connectivity index (χ2n) is 9.85. The summed E-state index contributed by atoms with van der Waals surface area (Å²) >= 11 is 0. The zero-order valence-corrected chi connectivity index (χ0v) is 19.7. The Morgan fingerprint density at radius 3 is 2.36 bits per heavy atom. The molecule has 0 atom stereocenters. The third-order valence-corrected chi connectivity index (χ3v) is 7.32. The number of carbonyl (C=O) groups excluding carboxylic acids is 1. The number of piperidine rings is 1. The Morgan fingerprint density at radius 1 is 0.939 bits per heavy atom. The predicted octanol–water partition coefficient (Wildman–Crippen LogP) is 3.70. The first kappa shape index (κ1) is 22.0. The van der Waals surface area contributed by atoms with Crippen LogP contribution in [0.5, 0.6) is 0 Å². The van der Waals surface area contributed by atoms with E-state index in [1.165, 1.54) is 24.1 Å². The van der Waals surface area contributed by atoms with Crippen LogP contribution in [-0.2, 0) is 4.79 Å². The summed E-state index contributed by atoms with van der Waals surface area (Å²) in [6.45, 7) is 7.63. The van der Waals surface area contributed by atoms with Crippen LogP contribution in [0.2, 0.25) is 0 Å². The highest BCUT2D eigenvalue weighted by atomic mass is 16.2. The highest BCUT2D eigenvalue weighted by Gasteiger charge is 2.25. The molecule has 1 aromatic carbocycles. The highest BCUT2D eigenvalue weighted by molar-refractivity contribution is 5.76. The molecule has 1 N–H and O–H groups in total. The smallest absolute Gasteiger partial charge is 0.222 e. The standard InChI is InChI=1S/C26H36N6O/c1-20-2-7-23(8-3-20)30-14-16-32(17-15-30)26(33)9-4-21-10-12-31(13-11-21)25-18-24(27-19-28-25)29-22-5-6-22/h2-3,7-8,18-19,21-22H,4-6,9-17H2,1H3,(H,27,28,29). The van der Waals surface area contributed by atoms with Gasteiger partial charge in [-0.15, -0.1) is 0 Å². The van der Waals surface area contributed by atoms with Crippen molar-refractivity contribution in [1.82, 2.24) is 14.9 Å². The van der Waals surface area contributed by atoms with E-state index in [1.807, 2.05) is 0 Å². The maximum Gasteiger partial charge on any atom is 0.222 e. The number of hydrogen-bond donors (Lipinski definition) is 1. The van der Waals surface area contributed by atoms with E-state index >= 15 is 0 Å². The number of rotatable bonds is 7. The summed E-state index contributed by atoms with van der Waals surface area (Å²) < 4.78 is 0. The molecule has 0 radical (unpaired) electrons. The van der Waals surface area contributed by atoms with Crippen LogP contribution in [0.15, 0.2) is 36.7 Å². The second kappa shape index (κ2) is 9.98. The van der Waals surface area contributed by atoms with Gasteiger partial charge < -0.3 is 20.0 Å². The van der Waals surface area contributed by atoms with Gasteiger partial charge in [0.15, 0.2) is 0 Å². The predicted molar refractivity (Wildman–Crippen MR) is 133 cm³/mol. The van der Waals surface area contributed by atoms with Gasteiger partial charge >= 0.3 is 0 Å². The monoisotopic (exact) mass is 448 g/mol. The van der Waals surface area contributed by atoms with Crippen molar-refractivity contribution in [2.24, 2.45) is 5.92 Å². The third-order valence-electron chi connectivity index (χ3n) is 7.32. The van der Waals surface area contributed by atoms with Gasteiger partial charge in [0, 0.05) is 63.5 Å². The van der Waals surface area contributed by atoms with Crippen molar-refractivity contribution < 1.29 is 4.79 Å². The zero-order valence-electron chi connectivity index (χ0n) is 19.7. The fourth-order valence-electron chi connectivity index (χ4n) is 4.94. The fraction of sp³-hybridized carbons (Fsp3) is 0.577. The van der Waals surface area contributed by atoms with Gasteiger partial charge in [-0.05, 0) is 57.1 Å². The molecular formula is C26H36N6O. The number of benzene rings is 1. The quantitative estimate of drug-likeness (QED) is 0.697. The first-order valence-corrected chi connectivity index (χ1v) is 12.6. The molecular weight excluding hydrogens is 412 g/mol. The fourth-order valence-corrected chi connectivity index (χ4v) is 4.94. The Balaban J connectivity index is 1.03. The molecule has 0 spiro atoms. The van der Waals surface area contributed by atoms with Gasteiger partial charge in [0.1, 0.15) is 18.0 Å². The third kappa shape index (κ3) is 5.75. The Kier molecular flexibility index (Phi) is 6.65. The van der Waals surface area contributed by atoms with E-state index in [0.29, 0.717) is 24.3 Å². The molecule has 7 nitrogen and oxygen atoms in total. The number of hydrogen-bond acceptors (Lipinski definition) is 6. The minimum Gasteiger partial charge on any atom is -0.368 e. The van der Waals surface area contributed by atoms with Crippen LogP contribution < -0.4 is 15.1 Å². The van der Waals surface area contributed by atoms with Crippen molar-refractivity contribution in [3.05, 3.63) is 42.2 Å². The number of nitrogens with zero attached hydrogens (tertiary/aromatic N) is 5. The lowest BCUT2D eigenvalue weighted by Crippen LogP contribution is -2.48. The molecule has 5 rings (SSSR count). The molecule has 1 aliphatic carbocycles. The van der Waals surface area contributed by atoms with Crippen molar-refractivity contribution in [2.75, 3.05) is 54.4 Å². The molecule has 3 fully saturated rings. The minimum absolute atomic E-state index is 0.326. The Hall–Kier alpha value is -2.83. The van der Waals surface area contributed by atoms with E-state index in [9.17, 15) is 4.79 Å². The number of carbonyl (C=O) groups is 1. The Labute approximate surface area is 197 Å². The van der Waals surface area contributed by atoms with Crippen LogP contribution >= 0.6 is 0 Å². The minimum atomic E-state index is 0.326. The van der Waals surface area contributed by atoms with Crippen LogP contribution in [0.1, 0.15) is 44.1 Å². The van der Waals surface area contributed by atoms with Crippen molar-refractivity contribution in [2.45, 2.75) is 51.5 Å². The van der Waals surface area contributed by atoms with Gasteiger partial charge in [-0.3, -0.25) is 4.79 Å². The molecule has 2 aromatic rings. The van der Waals surface area contributed by atoms with Gasteiger partial charge in [0.2, 0.25) is 5.91 Å². The molecule has 3 aliphatic rings. The molecule has 2 aliphatic heterocycles. The number of anilines is 3. The molecule has 7 heteroatoms. The van der Waals surface area contributed by atoms with Crippen molar-refractivity contribution in [1.29, 1.82) is 0 Å². The van der Waals surface area contributed by atoms with E-state index in [-0.39, 0.29) is 0 Å². The number of aryl methyl sites for hydroxylation is 1. The summed E-state index contributed by atoms with van der Waals surface area (Å²) in [5, 5.41) is 3.46. The summed E-state index contributed by atoms with van der Waals surface area (Å²) in [7, 11) is 0. The summed E-state index contributed by atoms with van der Waals surface area (Å²) in [6, 6.07) is 11.4. The zero-order chi connectivity index (χ0) is 22.6. The molecule has 0 bridgehead atoms. The van der Waals surface area contributed by atoms with Crippen LogP contribution in [0.4, 0.5) is 17.3 Å². The molecule has 1 amide bonds. The Morgan fingerprint density at radius 2 is 1.67 bits per heavy atom. The topological polar surface area (TPSA) is 64.6 Å². The lowest BCUT2D eigenvalue weighted by atomic mass is 9.92. The van der Waals surface area contributed by atoms with Gasteiger partial charge in [0.05, 0.1) is 0 Å². The van der Waals surface area contributed by atoms with Gasteiger partial charge in [-0.1, -0.05) is 17.7 Å². The number of aromatic nitrogens is 2. The summed E-state index contributed by atoms with van der Waals surface area (Å²) in [4.78, 5) is 28.5. The summed E-state index contributed by atoms with van der Waals surface area (Å²) in [5.74, 6) is 2.92. The second-order valence-corrected chi connectivity index (χ2v) is 9.85. The lowest BCUT2D eigenvalue weighted by Gasteiger charge is -2.37. The highest BCUT2D eigenvalue weighted by Crippen LogP contribution is 2.28. The summed E-state index contributed by atoms with van der Waals surface area (Å²) in [6.07, 6.45) is 8.09. The van der Waals surface area contributed by atoms with Crippen molar-refractivity contribution >= 4 is 23.2 Å². The van der Waals surface area contributed by atoms with Crippen LogP contribution in [0.25, 0.3) is 0 Å². The molecule has 2 saturated heterocycles. The Bertz CT molecular complexity index is 928. The van der Waals surface area contributed by atoms with Crippen molar-refractivity contribution in [3.8, 4) is 0 Å². The number of piperazine rings is 1. The van der Waals surface area contributed by atoms with Crippen LogP contribution in [-0.4, -0.2) is 66.1 Å². The van der Waals surface area contributed by atoms with Crippen molar-refractivity contribution in [3.63, 3.8) is 0 Å². The maximum absolute atomic E-state index is 12.8. The summed E-state index contributed by atoms with van der Waals surface area (Å²) in [5.41, 5.74) is 2.55. The average Bonchev–Trinajstić information content (AvgIpc) is 3.68. The van der Waals surface area contributed by atoms with E-state index in [1.54, 1.807) is 6.33 Å². The molecule has 1 aromatic heterocycles. The first-order chi connectivity index (χ1) is 16.1. The average molecular weight is 449 g/mol. The van der Waals surface area contributed by atoms with E-state index < -0.39 is 0 Å². The molecule has 176 valence electrons. The molecule has 3 heterocycles. The maximum atomic E-state index is 12.8. The lowest BCUT2D eigenvalue weighted by molar-refractivity contribution is -0.131. The van der Waals surface area contributed by atoms with E-state index in [2.05, 4.69) is 67.2 Å². The van der Waals surface area contributed by atoms with Gasteiger partial charge in [0.25, 0.3) is 0 Å². The molecule has 0 unspecified atom stereocenters. The normalized spacial score (nSPS) is 19.6. The number of amides is 1. The largest absolute Gasteiger partial charge is 0.368 e. The number of nitrogens with one attached hydrogen (secondary N) is 1. The van der Waals surface area contributed by atoms with Crippen LogP contribution in [0, 0.1) is 12.8 Å². The molecule has 33 heavy (non-hydrogen) atoms.